The van der Waals surface area contributed by atoms with Gasteiger partial charge in [0.1, 0.15) is 5.82 Å². The number of aromatic nitrogens is 1. The lowest BCUT2D eigenvalue weighted by molar-refractivity contribution is 0.187. The number of nitrogens with one attached hydrogen (secondary N) is 1. The first kappa shape index (κ1) is 14.8. The Morgan fingerprint density at radius 2 is 1.90 bits per heavy atom. The molecule has 1 saturated heterocycles. The summed E-state index contributed by atoms with van der Waals surface area (Å²) in [4.78, 5) is 9.72. The van der Waals surface area contributed by atoms with Gasteiger partial charge < -0.3 is 10.2 Å². The van der Waals surface area contributed by atoms with E-state index < -0.39 is 0 Å². The minimum atomic E-state index is 0.381. The summed E-state index contributed by atoms with van der Waals surface area (Å²) in [5, 5.41) is 3.30. The molecule has 3 rings (SSSR count). The van der Waals surface area contributed by atoms with Crippen molar-refractivity contribution in [3.05, 3.63) is 23.9 Å². The fourth-order valence-corrected chi connectivity index (χ4v) is 3.63. The molecule has 1 aliphatic heterocycles. The zero-order chi connectivity index (χ0) is 14.7. The van der Waals surface area contributed by atoms with Gasteiger partial charge in [0.05, 0.1) is 0 Å². The predicted molar refractivity (Wildman–Crippen MR) is 87.8 cm³/mol. The van der Waals surface area contributed by atoms with E-state index in [-0.39, 0.29) is 0 Å². The molecule has 1 saturated carbocycles. The fraction of sp³-hybridized carbons (Fsp3) is 0.706. The van der Waals surface area contributed by atoms with Crippen LogP contribution in [0, 0.1) is 0 Å². The van der Waals surface area contributed by atoms with Gasteiger partial charge in [-0.15, -0.1) is 0 Å². The average molecular weight is 288 g/mol. The number of anilines is 1. The van der Waals surface area contributed by atoms with Crippen molar-refractivity contribution in [3.8, 4) is 0 Å². The Morgan fingerprint density at radius 3 is 2.57 bits per heavy atom. The molecule has 4 nitrogen and oxygen atoms in total. The third kappa shape index (κ3) is 3.38. The van der Waals surface area contributed by atoms with Crippen LogP contribution in [0.4, 0.5) is 5.82 Å². The Balaban J connectivity index is 1.61. The van der Waals surface area contributed by atoms with Crippen LogP contribution in [-0.4, -0.2) is 49.2 Å². The van der Waals surface area contributed by atoms with E-state index in [1.165, 1.54) is 44.3 Å². The van der Waals surface area contributed by atoms with Crippen molar-refractivity contribution >= 4 is 5.82 Å². The van der Waals surface area contributed by atoms with Gasteiger partial charge in [0.25, 0.3) is 0 Å². The summed E-state index contributed by atoms with van der Waals surface area (Å²) in [5.74, 6) is 1.14. The number of hydrogen-bond donors (Lipinski definition) is 1. The quantitative estimate of drug-likeness (QED) is 0.922. The van der Waals surface area contributed by atoms with Crippen LogP contribution in [0.15, 0.2) is 18.3 Å². The SMILES string of the molecule is CNC(C)c1ccnc(N2CCN(C3CCCC3)CC2)c1. The Kier molecular flexibility index (Phi) is 4.76. The van der Waals surface area contributed by atoms with E-state index in [1.54, 1.807) is 0 Å². The normalized spacial score (nSPS) is 22.7. The van der Waals surface area contributed by atoms with Crippen LogP contribution < -0.4 is 10.2 Å². The largest absolute Gasteiger partial charge is 0.354 e. The summed E-state index contributed by atoms with van der Waals surface area (Å²) in [6.07, 6.45) is 7.62. The fourth-order valence-electron chi connectivity index (χ4n) is 3.63. The van der Waals surface area contributed by atoms with Crippen LogP contribution in [0.25, 0.3) is 0 Å². The third-order valence-corrected chi connectivity index (χ3v) is 5.18. The lowest BCUT2D eigenvalue weighted by Gasteiger charge is -2.38. The highest BCUT2D eigenvalue weighted by Crippen LogP contribution is 2.25. The molecule has 1 aliphatic carbocycles. The van der Waals surface area contributed by atoms with E-state index in [0.717, 1.165) is 24.9 Å². The van der Waals surface area contributed by atoms with Crippen molar-refractivity contribution in [2.75, 3.05) is 38.1 Å². The van der Waals surface area contributed by atoms with Gasteiger partial charge in [-0.1, -0.05) is 12.8 Å². The first-order valence-corrected chi connectivity index (χ1v) is 8.40. The second-order valence-electron chi connectivity index (χ2n) is 6.42. The molecule has 0 spiro atoms. The van der Waals surface area contributed by atoms with E-state index in [4.69, 9.17) is 0 Å². The van der Waals surface area contributed by atoms with Crippen LogP contribution >= 0.6 is 0 Å². The van der Waals surface area contributed by atoms with Crippen molar-refractivity contribution in [1.82, 2.24) is 15.2 Å². The predicted octanol–water partition coefficient (Wildman–Crippen LogP) is 2.43. The Bertz CT molecular complexity index is 448. The van der Waals surface area contributed by atoms with E-state index in [9.17, 15) is 0 Å². The van der Waals surface area contributed by atoms with Gasteiger partial charge in [-0.25, -0.2) is 4.98 Å². The number of hydrogen-bond acceptors (Lipinski definition) is 4. The molecule has 0 aromatic carbocycles. The molecule has 2 fully saturated rings. The molecular formula is C17H28N4. The Morgan fingerprint density at radius 1 is 1.19 bits per heavy atom. The van der Waals surface area contributed by atoms with Crippen molar-refractivity contribution in [1.29, 1.82) is 0 Å². The standard InChI is InChI=1S/C17H28N4/c1-14(18-2)15-7-8-19-17(13-15)21-11-9-20(10-12-21)16-5-3-4-6-16/h7-8,13-14,16,18H,3-6,9-12H2,1-2H3. The molecular weight excluding hydrogens is 260 g/mol. The van der Waals surface area contributed by atoms with Gasteiger partial charge in [-0.3, -0.25) is 4.90 Å². The highest BCUT2D eigenvalue weighted by Gasteiger charge is 2.26. The van der Waals surface area contributed by atoms with Gasteiger partial charge in [0, 0.05) is 44.5 Å². The number of piperazine rings is 1. The molecule has 1 unspecified atom stereocenters. The van der Waals surface area contributed by atoms with Crippen molar-refractivity contribution in [2.45, 2.75) is 44.7 Å². The van der Waals surface area contributed by atoms with Crippen LogP contribution in [-0.2, 0) is 0 Å². The maximum atomic E-state index is 4.58. The Labute approximate surface area is 128 Å². The van der Waals surface area contributed by atoms with Crippen LogP contribution in [0.3, 0.4) is 0 Å². The summed E-state index contributed by atoms with van der Waals surface area (Å²) in [7, 11) is 2.01. The first-order chi connectivity index (χ1) is 10.3. The maximum absolute atomic E-state index is 4.58. The van der Waals surface area contributed by atoms with Gasteiger partial charge in [0.2, 0.25) is 0 Å². The number of rotatable bonds is 4. The molecule has 2 heterocycles. The second-order valence-corrected chi connectivity index (χ2v) is 6.42. The molecule has 116 valence electrons. The number of nitrogens with zero attached hydrogens (tertiary/aromatic N) is 3. The lowest BCUT2D eigenvalue weighted by atomic mass is 10.1. The number of pyridine rings is 1. The Hall–Kier alpha value is -1.13. The monoisotopic (exact) mass is 288 g/mol. The van der Waals surface area contributed by atoms with Gasteiger partial charge in [0.15, 0.2) is 0 Å². The molecule has 1 N–H and O–H groups in total. The smallest absolute Gasteiger partial charge is 0.128 e. The zero-order valence-electron chi connectivity index (χ0n) is 13.4. The summed E-state index contributed by atoms with van der Waals surface area (Å²) < 4.78 is 0. The molecule has 1 aromatic heterocycles. The second kappa shape index (κ2) is 6.75. The summed E-state index contributed by atoms with van der Waals surface area (Å²) >= 11 is 0. The molecule has 0 bridgehead atoms. The molecule has 1 atom stereocenters. The van der Waals surface area contributed by atoms with E-state index in [0.29, 0.717) is 6.04 Å². The van der Waals surface area contributed by atoms with Crippen molar-refractivity contribution in [2.24, 2.45) is 0 Å². The third-order valence-electron chi connectivity index (χ3n) is 5.18. The minimum absolute atomic E-state index is 0.381. The molecule has 21 heavy (non-hydrogen) atoms. The molecule has 0 amide bonds. The highest BCUT2D eigenvalue weighted by molar-refractivity contribution is 5.42. The van der Waals surface area contributed by atoms with Crippen LogP contribution in [0.5, 0.6) is 0 Å². The average Bonchev–Trinajstić information content (AvgIpc) is 3.09. The molecule has 1 aromatic rings. The summed E-state index contributed by atoms with van der Waals surface area (Å²) in [5.41, 5.74) is 1.32. The van der Waals surface area contributed by atoms with Gasteiger partial charge in [-0.05, 0) is 44.5 Å². The topological polar surface area (TPSA) is 31.4 Å². The summed E-state index contributed by atoms with van der Waals surface area (Å²) in [6.45, 7) is 6.80. The van der Waals surface area contributed by atoms with Crippen molar-refractivity contribution in [3.63, 3.8) is 0 Å². The zero-order valence-corrected chi connectivity index (χ0v) is 13.4. The van der Waals surface area contributed by atoms with Crippen LogP contribution in [0.2, 0.25) is 0 Å². The van der Waals surface area contributed by atoms with Crippen molar-refractivity contribution < 1.29 is 0 Å². The van der Waals surface area contributed by atoms with E-state index in [2.05, 4.69) is 39.2 Å². The maximum Gasteiger partial charge on any atom is 0.128 e. The van der Waals surface area contributed by atoms with E-state index in [1.807, 2.05) is 13.2 Å². The van der Waals surface area contributed by atoms with E-state index >= 15 is 0 Å². The molecule has 4 heteroatoms. The van der Waals surface area contributed by atoms with Gasteiger partial charge >= 0.3 is 0 Å². The molecule has 2 aliphatic rings. The molecule has 0 radical (unpaired) electrons. The van der Waals surface area contributed by atoms with Crippen LogP contribution in [0.1, 0.15) is 44.2 Å². The summed E-state index contributed by atoms with van der Waals surface area (Å²) in [6, 6.07) is 5.59. The lowest BCUT2D eigenvalue weighted by Crippen LogP contribution is -2.50. The first-order valence-electron chi connectivity index (χ1n) is 8.40. The minimum Gasteiger partial charge on any atom is -0.354 e. The van der Waals surface area contributed by atoms with Gasteiger partial charge in [-0.2, -0.15) is 0 Å². The highest BCUT2D eigenvalue weighted by atomic mass is 15.3.